The first kappa shape index (κ1) is 83.6. The van der Waals surface area contributed by atoms with E-state index in [9.17, 15) is 10.0 Å². The summed E-state index contributed by atoms with van der Waals surface area (Å²) in [7, 11) is -0.488. The summed E-state index contributed by atoms with van der Waals surface area (Å²) in [6.07, 6.45) is 13.7. The van der Waals surface area contributed by atoms with Gasteiger partial charge in [0, 0.05) is 66.8 Å². The Morgan fingerprint density at radius 2 is 0.423 bits per heavy atom. The molecule has 0 atom stereocenters. The molecule has 10 aliphatic rings. The van der Waals surface area contributed by atoms with Crippen molar-refractivity contribution >= 4 is 36.0 Å². The molecule has 14 heteroatoms. The summed E-state index contributed by atoms with van der Waals surface area (Å²) < 4.78 is 5.75. The molecule has 0 radical (unpaired) electrons. The molecule has 2 spiro atoms. The first-order chi connectivity index (χ1) is 63.4. The molecule has 8 bridgehead atoms. The number of nitrogens with zero attached hydrogens (tertiary/aromatic N) is 9. The van der Waals surface area contributed by atoms with E-state index in [1.54, 1.807) is 11.1 Å². The Labute approximate surface area is 773 Å². The molecule has 27 rings (SSSR count). The van der Waals surface area contributed by atoms with E-state index in [4.69, 9.17) is 54.5 Å². The Hall–Kier alpha value is -13.3. The highest BCUT2D eigenvalue weighted by molar-refractivity contribution is 6.56. The first-order valence-electron chi connectivity index (χ1n) is 45.7. The summed E-state index contributed by atoms with van der Waals surface area (Å²) in [6, 6.07) is 123. The summed E-state index contributed by atoms with van der Waals surface area (Å²) >= 11 is 12.8. The second-order valence-corrected chi connectivity index (χ2v) is 37.0. The van der Waals surface area contributed by atoms with Gasteiger partial charge in [0.1, 0.15) is 0 Å². The van der Waals surface area contributed by atoms with Gasteiger partial charge in [-0.2, -0.15) is 0 Å². The maximum atomic E-state index is 9.37. The van der Waals surface area contributed by atoms with Crippen LogP contribution >= 0.6 is 23.2 Å². The normalized spacial score (nSPS) is 19.2. The van der Waals surface area contributed by atoms with Crippen LogP contribution in [0.25, 0.3) is 158 Å². The lowest BCUT2D eigenvalue weighted by atomic mass is 9.43. The number of hydrogen-bond donors (Lipinski definition) is 2. The molecule has 8 saturated carbocycles. The fourth-order valence-electron chi connectivity index (χ4n) is 23.9. The van der Waals surface area contributed by atoms with Crippen LogP contribution in [0.5, 0.6) is 0 Å². The highest BCUT2D eigenvalue weighted by atomic mass is 35.5. The van der Waals surface area contributed by atoms with Gasteiger partial charge in [-0.15, -0.1) is 0 Å². The van der Waals surface area contributed by atoms with Crippen LogP contribution in [-0.4, -0.2) is 62.0 Å². The Morgan fingerprint density at radius 3 is 0.662 bits per heavy atom. The van der Waals surface area contributed by atoms with E-state index in [1.807, 2.05) is 146 Å². The van der Waals surface area contributed by atoms with Crippen LogP contribution in [-0.2, 0) is 10.8 Å². The van der Waals surface area contributed by atoms with Crippen molar-refractivity contribution in [3.63, 3.8) is 0 Å². The lowest BCUT2D eigenvalue weighted by molar-refractivity contribution is -0.0399. The van der Waals surface area contributed by atoms with Crippen LogP contribution in [0.4, 0.5) is 0 Å². The molecule has 17 aromatic rings. The van der Waals surface area contributed by atoms with Gasteiger partial charge in [0.15, 0.2) is 52.3 Å². The molecule has 2 N–H and O–H groups in total. The number of hydrogen-bond acceptors (Lipinski definition) is 11. The van der Waals surface area contributed by atoms with E-state index in [0.29, 0.717) is 58.4 Å². The summed E-state index contributed by atoms with van der Waals surface area (Å²) in [4.78, 5) is 42.9. The molecule has 8 fully saturated rings. The Balaban J connectivity index is 0.000000145. The molecule has 0 unspecified atom stereocenters. The molecule has 638 valence electrons. The predicted octanol–water partition coefficient (Wildman–Crippen LogP) is 28.0. The van der Waals surface area contributed by atoms with Crippen LogP contribution in [0.3, 0.4) is 0 Å². The third kappa shape index (κ3) is 15.4. The summed E-state index contributed by atoms with van der Waals surface area (Å²) in [5.74, 6) is 11.0. The smallest absolute Gasteiger partial charge is 0.421 e. The Kier molecular flexibility index (Phi) is 22.7. The standard InChI is InChI=1S/C64H48N6.C34H28Cl2.C15H12BN3O2.3CH4/c1-5-15-42(16-6-1)58-65-59(43-17-7-2-8-18-43)68-62(67-58)50-25-13-23-46(36-50)48-27-29-54-55-30-28-49(39-57(55)64(56(54)38-48)52-32-40-31-41(34-52)35-53(64)33-40)47-24-14-26-51(37-47)63-69-60(44-19-9-3-10-20-44)66-61(70-63)45-21-11-4-12-22-45;35-28-5-1-3-22(16-28)24-7-9-30-31-10-8-25(23-4-2-6-29(36)17-23)19-33(31)34(32(30)18-24)26-12-20-11-21(14-26)15-27(34)13-20;20-16(21)15-18-13(11-7-3-1-4-8-11)17-14(19-15)12-9-5-2-6-10-12;;;/h1-30,36-41,52-53H,31-35H2;1-10,16-21,26-27H,11-15H2;1-10,20-21H;3*1H4/i;;;1D;;. The van der Waals surface area contributed by atoms with Crippen molar-refractivity contribution in [3.05, 3.63) is 384 Å². The lowest BCUT2D eigenvalue weighted by Gasteiger charge is -2.61. The molecule has 0 amide bonds. The third-order valence-electron chi connectivity index (χ3n) is 28.9. The van der Waals surface area contributed by atoms with Crippen molar-refractivity contribution < 1.29 is 11.4 Å². The minimum atomic E-state index is -1.74. The Bertz CT molecular complexity index is 6530. The van der Waals surface area contributed by atoms with Crippen LogP contribution < -0.4 is 5.72 Å². The van der Waals surface area contributed by atoms with Gasteiger partial charge in [-0.05, 0) is 261 Å². The molecule has 14 aromatic carbocycles. The number of benzene rings is 14. The SMILES string of the molecule is C.C.Clc1cccc(-c2ccc3c(c2)C2(c4cc(-c5cccc(Cl)c5)ccc4-3)C3CC4CC(C3)CC2C4)c1.OB(O)c1nc(-c2ccccc2)nc(-c2ccccc2)n1.[2H]C.c1ccc(-c2nc(-c3ccccc3)nc(-c3cccc(-c4ccc5c(c4)C4(c6cc(-c7cccc(-c8nc(-c9ccccc9)nc(-c9ccccc9)n8)c7)ccc6-5)C5CC6CC(C5)CC4C6)c3)n2)cc1. The van der Waals surface area contributed by atoms with Gasteiger partial charge in [-0.25, -0.2) is 44.9 Å². The predicted molar refractivity (Wildman–Crippen MR) is 531 cm³/mol. The molecule has 3 heterocycles. The second kappa shape index (κ2) is 35.3. The first-order valence-corrected chi connectivity index (χ1v) is 45.5. The average Bonchev–Trinajstić information content (AvgIpc) is 1.53. The molecule has 0 saturated heterocycles. The number of halogens is 2. The molecule has 3 aromatic heterocycles. The second-order valence-electron chi connectivity index (χ2n) is 36.1. The lowest BCUT2D eigenvalue weighted by Crippen LogP contribution is -2.55. The van der Waals surface area contributed by atoms with Crippen LogP contribution in [0.2, 0.25) is 10.0 Å². The van der Waals surface area contributed by atoms with E-state index in [2.05, 4.69) is 221 Å². The van der Waals surface area contributed by atoms with Crippen LogP contribution in [0.15, 0.2) is 352 Å². The molecule has 10 aliphatic carbocycles. The molecule has 11 nitrogen and oxygen atoms in total. The average molecular weight is 1730 g/mol. The van der Waals surface area contributed by atoms with E-state index >= 15 is 0 Å². The van der Waals surface area contributed by atoms with Crippen molar-refractivity contribution in [2.24, 2.45) is 47.3 Å². The zero-order chi connectivity index (χ0) is 86.9. The zero-order valence-corrected chi connectivity index (χ0v) is 72.4. The van der Waals surface area contributed by atoms with Crippen molar-refractivity contribution in [3.8, 4) is 158 Å². The molecular formula is C116H100BCl2N9O2. The van der Waals surface area contributed by atoms with Gasteiger partial charge in [0.05, 0.1) is 0 Å². The number of rotatable bonds is 13. The monoisotopic (exact) mass is 1730 g/mol. The quantitative estimate of drug-likeness (QED) is 0.106. The molecule has 0 aliphatic heterocycles. The molecular weight excluding hydrogens is 1630 g/mol. The third-order valence-corrected chi connectivity index (χ3v) is 29.3. The van der Waals surface area contributed by atoms with Crippen LogP contribution in [0.1, 0.15) is 110 Å². The highest BCUT2D eigenvalue weighted by Gasteiger charge is 2.63. The van der Waals surface area contributed by atoms with Gasteiger partial charge in [-0.1, -0.05) is 337 Å². The molecule has 130 heavy (non-hydrogen) atoms. The van der Waals surface area contributed by atoms with Gasteiger partial charge in [0.2, 0.25) is 0 Å². The van der Waals surface area contributed by atoms with Gasteiger partial charge < -0.3 is 10.0 Å². The van der Waals surface area contributed by atoms with E-state index < -0.39 is 7.12 Å². The summed E-state index contributed by atoms with van der Waals surface area (Å²) in [5, 5.41) is 20.3. The maximum absolute atomic E-state index is 9.37. The number of fused-ring (bicyclic) bond motifs is 6. The Morgan fingerprint density at radius 1 is 0.223 bits per heavy atom. The van der Waals surface area contributed by atoms with Crippen molar-refractivity contribution in [2.75, 3.05) is 0 Å². The summed E-state index contributed by atoms with van der Waals surface area (Å²) in [6.45, 7) is 0. The highest BCUT2D eigenvalue weighted by Crippen LogP contribution is 2.72. The van der Waals surface area contributed by atoms with Gasteiger partial charge in [-0.3, -0.25) is 0 Å². The fraction of sp³-hybridized carbons (Fsp3) is 0.198. The fourth-order valence-corrected chi connectivity index (χ4v) is 24.3. The largest absolute Gasteiger partial charge is 0.528 e. The minimum absolute atomic E-state index is 0. The zero-order valence-electron chi connectivity index (χ0n) is 71.9. The maximum Gasteiger partial charge on any atom is 0.528 e. The van der Waals surface area contributed by atoms with Crippen molar-refractivity contribution in [1.82, 2.24) is 44.9 Å². The van der Waals surface area contributed by atoms with E-state index in [-0.39, 0.29) is 31.4 Å². The summed E-state index contributed by atoms with van der Waals surface area (Å²) in [5.41, 5.74) is 29.1. The topological polar surface area (TPSA) is 156 Å². The van der Waals surface area contributed by atoms with Crippen LogP contribution in [0, 0.1) is 47.3 Å². The van der Waals surface area contributed by atoms with E-state index in [1.165, 1.54) is 149 Å². The van der Waals surface area contributed by atoms with Gasteiger partial charge >= 0.3 is 7.12 Å². The van der Waals surface area contributed by atoms with Crippen molar-refractivity contribution in [1.29, 1.82) is 0 Å². The number of aromatic nitrogens is 9. The van der Waals surface area contributed by atoms with Crippen molar-refractivity contribution in [2.45, 2.75) is 97.3 Å². The van der Waals surface area contributed by atoms with E-state index in [0.717, 1.165) is 90.1 Å². The minimum Gasteiger partial charge on any atom is -0.421 e. The van der Waals surface area contributed by atoms with Gasteiger partial charge in [0.25, 0.3) is 0 Å².